The van der Waals surface area contributed by atoms with Crippen molar-refractivity contribution in [3.05, 3.63) is 67.3 Å². The van der Waals surface area contributed by atoms with E-state index >= 15 is 0 Å². The van der Waals surface area contributed by atoms with E-state index in [0.717, 1.165) is 17.4 Å². The Hall–Kier alpha value is -1.98. The summed E-state index contributed by atoms with van der Waals surface area (Å²) in [5.74, 6) is -5.43. The largest absolute Gasteiger partial charge is 0.449 e. The maximum atomic E-state index is 14.4. The van der Waals surface area contributed by atoms with Crippen LogP contribution in [0.25, 0.3) is 0 Å². The van der Waals surface area contributed by atoms with E-state index in [0.29, 0.717) is 4.88 Å². The topological polar surface area (TPSA) is 34.1 Å². The van der Waals surface area contributed by atoms with Crippen LogP contribution in [0.15, 0.2) is 34.9 Å². The highest BCUT2D eigenvalue weighted by atomic mass is 79.9. The van der Waals surface area contributed by atoms with Crippen LogP contribution >= 0.6 is 38.9 Å². The van der Waals surface area contributed by atoms with Crippen LogP contribution in [0, 0.1) is 17.5 Å². The molecule has 1 N–H and O–H groups in total. The first-order valence-corrected chi connectivity index (χ1v) is 9.60. The van der Waals surface area contributed by atoms with Crippen LogP contribution in [0.3, 0.4) is 0 Å². The molecule has 1 heterocycles. The molecular weight excluding hydrogens is 510 g/mol. The molecule has 3 aromatic rings. The van der Waals surface area contributed by atoms with Crippen molar-refractivity contribution in [1.29, 1.82) is 0 Å². The van der Waals surface area contributed by atoms with E-state index in [1.165, 1.54) is 12.3 Å². The van der Waals surface area contributed by atoms with Gasteiger partial charge in [0.1, 0.15) is 5.69 Å². The van der Waals surface area contributed by atoms with Crippen molar-refractivity contribution in [2.24, 2.45) is 0 Å². The fourth-order valence-electron chi connectivity index (χ4n) is 2.27. The third kappa shape index (κ3) is 5.14. The second-order valence-corrected chi connectivity index (χ2v) is 8.18. The molecule has 0 unspecified atom stereocenters. The number of anilines is 1. The molecule has 0 saturated carbocycles. The van der Waals surface area contributed by atoms with Gasteiger partial charge in [0.05, 0.1) is 12.1 Å². The van der Waals surface area contributed by atoms with Crippen LogP contribution in [0.5, 0.6) is 11.5 Å². The molecule has 0 aliphatic heterocycles. The highest BCUT2D eigenvalue weighted by Gasteiger charge is 2.33. The molecule has 3 nitrogen and oxygen atoms in total. The molecule has 1 aromatic heterocycles. The number of halogens is 8. The van der Waals surface area contributed by atoms with Crippen molar-refractivity contribution in [2.75, 3.05) is 5.32 Å². The zero-order valence-electron chi connectivity index (χ0n) is 13.9. The lowest BCUT2D eigenvalue weighted by molar-refractivity contribution is -0.138. The molecule has 0 amide bonds. The maximum Gasteiger partial charge on any atom is 0.416 e. The van der Waals surface area contributed by atoms with Crippen molar-refractivity contribution in [3.8, 4) is 11.5 Å². The van der Waals surface area contributed by atoms with Crippen LogP contribution in [0.1, 0.15) is 10.4 Å². The molecule has 3 rings (SSSR count). The van der Waals surface area contributed by atoms with Gasteiger partial charge in [0.15, 0.2) is 33.4 Å². The molecule has 154 valence electrons. The van der Waals surface area contributed by atoms with Crippen molar-refractivity contribution < 1.29 is 31.1 Å². The lowest BCUT2D eigenvalue weighted by Crippen LogP contribution is -2.08. The second-order valence-electron chi connectivity index (χ2n) is 5.56. The van der Waals surface area contributed by atoms with Gasteiger partial charge in [-0.3, -0.25) is 0 Å². The monoisotopic (exact) mass is 516 g/mol. The first-order chi connectivity index (χ1) is 13.5. The summed E-state index contributed by atoms with van der Waals surface area (Å²) in [5, 5.41) is 2.70. The summed E-state index contributed by atoms with van der Waals surface area (Å²) in [6, 6.07) is 2.48. The predicted octanol–water partition coefficient (Wildman–Crippen LogP) is 7.40. The molecule has 0 fully saturated rings. The number of nitrogens with one attached hydrogen (secondary N) is 1. The molecular formula is C17H8BrClF6N2OS. The molecule has 0 spiro atoms. The zero-order valence-corrected chi connectivity index (χ0v) is 17.0. The van der Waals surface area contributed by atoms with Gasteiger partial charge in [-0.05, 0) is 24.3 Å². The smallest absolute Gasteiger partial charge is 0.416 e. The number of hydrogen-bond donors (Lipinski definition) is 1. The van der Waals surface area contributed by atoms with Crippen LogP contribution in [0.4, 0.5) is 32.0 Å². The van der Waals surface area contributed by atoms with Crippen molar-refractivity contribution >= 4 is 44.6 Å². The van der Waals surface area contributed by atoms with Crippen LogP contribution in [0.2, 0.25) is 4.47 Å². The Morgan fingerprint density at radius 3 is 2.28 bits per heavy atom. The van der Waals surface area contributed by atoms with Gasteiger partial charge in [-0.15, -0.1) is 11.3 Å². The molecule has 2 aromatic carbocycles. The summed E-state index contributed by atoms with van der Waals surface area (Å²) in [4.78, 5) is 4.46. The molecule has 0 aliphatic rings. The number of benzene rings is 2. The van der Waals surface area contributed by atoms with Gasteiger partial charge in [-0.1, -0.05) is 27.5 Å². The summed E-state index contributed by atoms with van der Waals surface area (Å²) < 4.78 is 86.2. The van der Waals surface area contributed by atoms with Crippen LogP contribution in [-0.2, 0) is 12.7 Å². The Labute approximate surface area is 177 Å². The molecule has 0 saturated heterocycles. The lowest BCUT2D eigenvalue weighted by Gasteiger charge is -2.16. The fraction of sp³-hybridized carbons (Fsp3) is 0.118. The average Bonchev–Trinajstić information content (AvgIpc) is 3.01. The third-order valence-electron chi connectivity index (χ3n) is 3.52. The number of nitrogens with zero attached hydrogens (tertiary/aromatic N) is 1. The minimum atomic E-state index is -4.94. The summed E-state index contributed by atoms with van der Waals surface area (Å²) in [6.45, 7) is 0.0667. The van der Waals surface area contributed by atoms with Crippen LogP contribution < -0.4 is 10.1 Å². The van der Waals surface area contributed by atoms with Gasteiger partial charge in [0, 0.05) is 15.5 Å². The van der Waals surface area contributed by atoms with Gasteiger partial charge in [0.25, 0.3) is 0 Å². The van der Waals surface area contributed by atoms with E-state index < -0.39 is 34.9 Å². The molecule has 12 heteroatoms. The zero-order chi connectivity index (χ0) is 21.3. The van der Waals surface area contributed by atoms with Crippen molar-refractivity contribution in [2.45, 2.75) is 12.7 Å². The minimum absolute atomic E-state index is 0.0667. The van der Waals surface area contributed by atoms with E-state index in [4.69, 9.17) is 16.3 Å². The quantitative estimate of drug-likeness (QED) is 0.358. The summed E-state index contributed by atoms with van der Waals surface area (Å²) >= 11 is 9.88. The van der Waals surface area contributed by atoms with Crippen molar-refractivity contribution in [1.82, 2.24) is 4.98 Å². The van der Waals surface area contributed by atoms with E-state index in [9.17, 15) is 26.3 Å². The van der Waals surface area contributed by atoms with E-state index in [1.54, 1.807) is 0 Å². The molecule has 0 radical (unpaired) electrons. The highest BCUT2D eigenvalue weighted by Crippen LogP contribution is 2.39. The molecule has 29 heavy (non-hydrogen) atoms. The van der Waals surface area contributed by atoms with Crippen molar-refractivity contribution in [3.63, 3.8) is 0 Å². The normalized spacial score (nSPS) is 11.6. The number of rotatable bonds is 5. The second kappa shape index (κ2) is 8.41. The number of aromatic nitrogens is 1. The molecule has 0 aliphatic carbocycles. The van der Waals surface area contributed by atoms with Gasteiger partial charge in [0.2, 0.25) is 0 Å². The highest BCUT2D eigenvalue weighted by molar-refractivity contribution is 9.10. The fourth-order valence-corrected chi connectivity index (χ4v) is 3.60. The Kier molecular flexibility index (Phi) is 6.30. The Morgan fingerprint density at radius 1 is 1.07 bits per heavy atom. The van der Waals surface area contributed by atoms with Gasteiger partial charge in [-0.2, -0.15) is 13.2 Å². The van der Waals surface area contributed by atoms with Crippen LogP contribution in [-0.4, -0.2) is 4.98 Å². The number of ether oxygens (including phenoxy) is 1. The lowest BCUT2D eigenvalue weighted by atomic mass is 10.2. The minimum Gasteiger partial charge on any atom is -0.449 e. The average molecular weight is 518 g/mol. The van der Waals surface area contributed by atoms with Gasteiger partial charge in [-0.25, -0.2) is 18.2 Å². The van der Waals surface area contributed by atoms with E-state index in [1.807, 2.05) is 0 Å². The first kappa shape index (κ1) is 21.7. The SMILES string of the molecule is Fc1cc(Br)cc(Oc2c(F)cc(C(F)(F)F)cc2F)c1NCc1cnc(Cl)s1. The molecule has 0 bridgehead atoms. The summed E-state index contributed by atoms with van der Waals surface area (Å²) in [5.41, 5.74) is -1.77. The van der Waals surface area contributed by atoms with Gasteiger partial charge < -0.3 is 10.1 Å². The van der Waals surface area contributed by atoms with E-state index in [-0.39, 0.29) is 39.1 Å². The Bertz CT molecular complexity index is 1040. The summed E-state index contributed by atoms with van der Waals surface area (Å²) in [7, 11) is 0. The maximum absolute atomic E-state index is 14.4. The molecule has 0 atom stereocenters. The Balaban J connectivity index is 1.94. The Morgan fingerprint density at radius 2 is 1.72 bits per heavy atom. The standard InChI is InChI=1S/C17H8BrClF6N2OS/c18-8-3-10(20)14(26-5-9-6-27-16(19)29-9)13(4-8)28-15-11(21)1-7(2-12(15)22)17(23,24)25/h1-4,6,26H,5H2. The number of alkyl halides is 3. The summed E-state index contributed by atoms with van der Waals surface area (Å²) in [6.07, 6.45) is -3.49. The number of hydrogen-bond acceptors (Lipinski definition) is 4. The number of thiazole rings is 1. The first-order valence-electron chi connectivity index (χ1n) is 7.62. The van der Waals surface area contributed by atoms with Gasteiger partial charge >= 0.3 is 6.18 Å². The van der Waals surface area contributed by atoms with E-state index in [2.05, 4.69) is 26.2 Å². The predicted molar refractivity (Wildman–Crippen MR) is 100.0 cm³/mol. The third-order valence-corrected chi connectivity index (χ3v) is 5.09.